The van der Waals surface area contributed by atoms with Crippen LogP contribution in [0.15, 0.2) is 0 Å². The fourth-order valence-electron chi connectivity index (χ4n) is 0.492. The van der Waals surface area contributed by atoms with E-state index in [1.165, 1.54) is 6.16 Å². The van der Waals surface area contributed by atoms with Crippen LogP contribution in [-0.4, -0.2) is 24.8 Å². The second kappa shape index (κ2) is 3.58. The SMILES string of the molecule is C=[P+](C)CC(C)P. The van der Waals surface area contributed by atoms with Gasteiger partial charge in [-0.1, -0.05) is 6.92 Å². The molecule has 3 unspecified atom stereocenters. The Morgan fingerprint density at radius 3 is 2.29 bits per heavy atom. The van der Waals surface area contributed by atoms with Crippen LogP contribution in [0.3, 0.4) is 0 Å². The second-order valence-electron chi connectivity index (χ2n) is 2.02. The first-order valence-electron chi connectivity index (χ1n) is 2.40. The van der Waals surface area contributed by atoms with Crippen LogP contribution in [0.2, 0.25) is 0 Å². The zero-order chi connectivity index (χ0) is 5.86. The van der Waals surface area contributed by atoms with E-state index < -0.39 is 0 Å². The van der Waals surface area contributed by atoms with E-state index in [9.17, 15) is 0 Å². The highest BCUT2D eigenvalue weighted by Gasteiger charge is 1.99. The van der Waals surface area contributed by atoms with Gasteiger partial charge in [0.25, 0.3) is 0 Å². The second-order valence-corrected chi connectivity index (χ2v) is 5.23. The van der Waals surface area contributed by atoms with Crippen molar-refractivity contribution in [2.75, 3.05) is 12.8 Å². The lowest BCUT2D eigenvalue weighted by Gasteiger charge is -1.91. The molecule has 0 aromatic carbocycles. The van der Waals surface area contributed by atoms with Gasteiger partial charge in [-0.3, -0.25) is 0 Å². The van der Waals surface area contributed by atoms with Gasteiger partial charge in [-0.15, -0.1) is 9.24 Å². The summed E-state index contributed by atoms with van der Waals surface area (Å²) in [5, 5.41) is 0. The molecular formula is C5H13P2+. The van der Waals surface area contributed by atoms with Gasteiger partial charge in [-0.05, 0) is 0 Å². The number of hydrogen-bond donors (Lipinski definition) is 0. The van der Waals surface area contributed by atoms with Crippen LogP contribution in [0.4, 0.5) is 0 Å². The lowest BCUT2D eigenvalue weighted by molar-refractivity contribution is 1.13. The van der Waals surface area contributed by atoms with Crippen LogP contribution < -0.4 is 0 Å². The monoisotopic (exact) mass is 135 g/mol. The van der Waals surface area contributed by atoms with Gasteiger partial charge < -0.3 is 0 Å². The molecule has 0 aromatic rings. The molecule has 0 nitrogen and oxygen atoms in total. The lowest BCUT2D eigenvalue weighted by Crippen LogP contribution is -1.91. The van der Waals surface area contributed by atoms with Gasteiger partial charge in [-0.25, -0.2) is 0 Å². The molecule has 0 saturated carbocycles. The van der Waals surface area contributed by atoms with Crippen LogP contribution in [0.25, 0.3) is 0 Å². The molecule has 3 atom stereocenters. The Hall–Kier alpha value is 0.600. The Morgan fingerprint density at radius 1 is 1.86 bits per heavy atom. The first-order chi connectivity index (χ1) is 3.13. The predicted molar refractivity (Wildman–Crippen MR) is 44.0 cm³/mol. The van der Waals surface area contributed by atoms with Gasteiger partial charge in [-0.2, -0.15) is 0 Å². The van der Waals surface area contributed by atoms with Gasteiger partial charge in [0.2, 0.25) is 0 Å². The molecule has 0 fully saturated rings. The first-order valence-corrected chi connectivity index (χ1v) is 5.22. The highest BCUT2D eigenvalue weighted by atomic mass is 31.1. The summed E-state index contributed by atoms with van der Waals surface area (Å²) in [5.41, 5.74) is 0.758. The quantitative estimate of drug-likeness (QED) is 0.506. The highest BCUT2D eigenvalue weighted by Crippen LogP contribution is 2.17. The molecule has 0 saturated heterocycles. The third-order valence-electron chi connectivity index (χ3n) is 0.600. The van der Waals surface area contributed by atoms with Crippen molar-refractivity contribution >= 4 is 23.1 Å². The molecule has 42 valence electrons. The van der Waals surface area contributed by atoms with E-state index in [4.69, 9.17) is 0 Å². The van der Waals surface area contributed by atoms with Gasteiger partial charge in [0.1, 0.15) is 6.16 Å². The third-order valence-corrected chi connectivity index (χ3v) is 2.43. The maximum absolute atomic E-state index is 3.93. The van der Waals surface area contributed by atoms with Crippen molar-refractivity contribution in [1.82, 2.24) is 0 Å². The predicted octanol–water partition coefficient (Wildman–Crippen LogP) is 1.79. The molecule has 0 rings (SSSR count). The van der Waals surface area contributed by atoms with Gasteiger partial charge in [0.05, 0.1) is 20.5 Å². The highest BCUT2D eigenvalue weighted by molar-refractivity contribution is 7.55. The number of rotatable bonds is 2. The van der Waals surface area contributed by atoms with Crippen molar-refractivity contribution < 1.29 is 0 Å². The van der Waals surface area contributed by atoms with Crippen molar-refractivity contribution in [3.05, 3.63) is 0 Å². The van der Waals surface area contributed by atoms with Crippen molar-refractivity contribution in [3.63, 3.8) is 0 Å². The normalized spacial score (nSPS) is 16.1. The van der Waals surface area contributed by atoms with Gasteiger partial charge >= 0.3 is 0 Å². The standard InChI is InChI=1S/C5H13P2/c1-5(6)4-7(2)3/h5H,2,4,6H2,1,3H3/q+1. The molecule has 0 bridgehead atoms. The summed E-state index contributed by atoms with van der Waals surface area (Å²) in [4.78, 5) is 0. The van der Waals surface area contributed by atoms with Crippen molar-refractivity contribution in [2.24, 2.45) is 0 Å². The molecule has 0 amide bonds. The zero-order valence-corrected chi connectivity index (χ0v) is 7.07. The average Bonchev–Trinajstić information content (AvgIpc) is 1.27. The average molecular weight is 135 g/mol. The molecule has 7 heavy (non-hydrogen) atoms. The molecule has 0 aromatic heterocycles. The maximum atomic E-state index is 3.93. The minimum absolute atomic E-state index is 0.0892. The van der Waals surface area contributed by atoms with Crippen LogP contribution >= 0.6 is 16.8 Å². The topological polar surface area (TPSA) is 0 Å². The Bertz CT molecular complexity index is 66.5. The smallest absolute Gasteiger partial charge is 0.111 e. The van der Waals surface area contributed by atoms with Crippen molar-refractivity contribution in [1.29, 1.82) is 0 Å². The Morgan fingerprint density at radius 2 is 2.29 bits per heavy atom. The van der Waals surface area contributed by atoms with Crippen LogP contribution in [-0.2, 0) is 0 Å². The largest absolute Gasteiger partial charge is 0.130 e. The Balaban J connectivity index is 3.13. The van der Waals surface area contributed by atoms with E-state index in [-0.39, 0.29) is 7.55 Å². The minimum Gasteiger partial charge on any atom is -0.130 e. The first kappa shape index (κ1) is 7.60. The summed E-state index contributed by atoms with van der Waals surface area (Å²) >= 11 is 0. The summed E-state index contributed by atoms with van der Waals surface area (Å²) in [6, 6.07) is 0. The lowest BCUT2D eigenvalue weighted by atomic mass is 10.6. The molecule has 0 aliphatic rings. The summed E-state index contributed by atoms with van der Waals surface area (Å²) in [5.74, 6) is 0. The molecule has 0 heterocycles. The molecule has 0 aliphatic heterocycles. The molecular weight excluding hydrogens is 122 g/mol. The third kappa shape index (κ3) is 6.60. The Kier molecular flexibility index (Phi) is 3.89. The van der Waals surface area contributed by atoms with E-state index in [1.54, 1.807) is 0 Å². The van der Waals surface area contributed by atoms with Gasteiger partial charge in [0.15, 0.2) is 0 Å². The molecule has 0 N–H and O–H groups in total. The van der Waals surface area contributed by atoms with Crippen molar-refractivity contribution in [2.45, 2.75) is 12.6 Å². The minimum atomic E-state index is 0.0892. The number of hydrogen-bond acceptors (Lipinski definition) is 0. The molecule has 0 spiro atoms. The van der Waals surface area contributed by atoms with Crippen LogP contribution in [0.1, 0.15) is 6.92 Å². The Labute approximate surface area is 49.3 Å². The summed E-state index contributed by atoms with van der Waals surface area (Å²) in [6.07, 6.45) is 5.21. The fraction of sp³-hybridized carbons (Fsp3) is 0.800. The van der Waals surface area contributed by atoms with Crippen LogP contribution in [0, 0.1) is 0 Å². The van der Waals surface area contributed by atoms with E-state index >= 15 is 0 Å². The molecule has 2 heteroatoms. The van der Waals surface area contributed by atoms with Crippen LogP contribution in [0.5, 0.6) is 0 Å². The van der Waals surface area contributed by atoms with Crippen molar-refractivity contribution in [3.8, 4) is 0 Å². The summed E-state index contributed by atoms with van der Waals surface area (Å²) in [7, 11) is 2.87. The molecule has 0 radical (unpaired) electrons. The zero-order valence-electron chi connectivity index (χ0n) is 5.02. The van der Waals surface area contributed by atoms with Gasteiger partial charge in [0, 0.05) is 5.66 Å². The fourth-order valence-corrected chi connectivity index (χ4v) is 2.55. The summed E-state index contributed by atoms with van der Waals surface area (Å²) in [6.45, 7) is 4.41. The molecule has 0 aliphatic carbocycles. The maximum Gasteiger partial charge on any atom is 0.111 e. The van der Waals surface area contributed by atoms with E-state index in [2.05, 4.69) is 29.1 Å². The van der Waals surface area contributed by atoms with E-state index in [0.29, 0.717) is 0 Å². The summed E-state index contributed by atoms with van der Waals surface area (Å²) < 4.78 is 0. The van der Waals surface area contributed by atoms with E-state index in [1.807, 2.05) is 0 Å². The van der Waals surface area contributed by atoms with E-state index in [0.717, 1.165) is 5.66 Å².